The van der Waals surface area contributed by atoms with Crippen LogP contribution in [-0.2, 0) is 4.74 Å². The quantitative estimate of drug-likeness (QED) is 0.556. The maximum atomic E-state index is 10.1. The predicted octanol–water partition coefficient (Wildman–Crippen LogP) is -0.593. The van der Waals surface area contributed by atoms with Crippen molar-refractivity contribution in [1.29, 1.82) is 0 Å². The Morgan fingerprint density at radius 1 is 1.45 bits per heavy atom. The van der Waals surface area contributed by atoms with E-state index in [9.17, 15) is 4.79 Å². The monoisotopic (exact) mass is 285 g/mol. The summed E-state index contributed by atoms with van der Waals surface area (Å²) in [5.41, 5.74) is 4.75. The van der Waals surface area contributed by atoms with E-state index in [2.05, 4.69) is 4.74 Å². The van der Waals surface area contributed by atoms with Crippen LogP contribution >= 0.6 is 0 Å². The summed E-state index contributed by atoms with van der Waals surface area (Å²) in [6.07, 6.45) is -0.701. The summed E-state index contributed by atoms with van der Waals surface area (Å²) < 4.78 is 5.31. The van der Waals surface area contributed by atoms with Crippen molar-refractivity contribution in [3.05, 3.63) is 0 Å². The maximum Gasteiger partial charge on any atom is 2.00 e. The molecule has 0 fully saturated rings. The van der Waals surface area contributed by atoms with Gasteiger partial charge in [0.15, 0.2) is 0 Å². The average Bonchev–Trinajstić information content (AvgIpc) is 1.59. The van der Waals surface area contributed by atoms with Crippen LogP contribution in [0.1, 0.15) is 0 Å². The van der Waals surface area contributed by atoms with Crippen molar-refractivity contribution in [3.63, 3.8) is 0 Å². The van der Waals surface area contributed by atoms with Crippen molar-refractivity contribution in [1.82, 2.24) is 0 Å². The molecule has 0 heterocycles. The number of carbonyl (C=O) groups is 1. The summed E-state index contributed by atoms with van der Waals surface area (Å²) in [5, 5.41) is 0. The summed E-state index contributed by atoms with van der Waals surface area (Å²) >= 11 is 0. The van der Waals surface area contributed by atoms with Gasteiger partial charge in [-0.05, 0) is 0 Å². The van der Waals surface area contributed by atoms with Crippen molar-refractivity contribution in [2.24, 2.45) is 5.73 Å². The number of carbonyl (C=O) groups excluding carboxylic acids is 1. The van der Waals surface area contributed by atoms with Gasteiger partial charge in [-0.25, -0.2) is 4.79 Å². The normalized spacial score (nSPS) is 10.1. The first-order valence-electron chi connectivity index (χ1n) is 3.14. The van der Waals surface area contributed by atoms with Gasteiger partial charge in [0.1, 0.15) is 13.2 Å². The van der Waals surface area contributed by atoms with Gasteiger partial charge in [-0.15, -0.1) is 0 Å². The van der Waals surface area contributed by atoms with E-state index >= 15 is 0 Å². The number of amides is 1. The second-order valence-corrected chi connectivity index (χ2v) is 3.18. The van der Waals surface area contributed by atoms with E-state index < -0.39 is 6.09 Å². The molecule has 0 bridgehead atoms. The van der Waals surface area contributed by atoms with Crippen LogP contribution < -0.4 is 5.73 Å². The second-order valence-electron chi connectivity index (χ2n) is 3.18. The summed E-state index contributed by atoms with van der Waals surface area (Å²) in [6.45, 7) is 1.17. The first-order valence-corrected chi connectivity index (χ1v) is 3.14. The smallest absolute Gasteiger partial charge is 0.444 e. The fourth-order valence-electron chi connectivity index (χ4n) is 0.420. The van der Waals surface area contributed by atoms with Crippen LogP contribution in [-0.4, -0.2) is 93.8 Å². The fraction of sp³-hybridized carbons (Fsp3) is 0.833. The molecule has 0 unspecified atom stereocenters. The number of hydrogen-bond donors (Lipinski definition) is 1. The van der Waals surface area contributed by atoms with Gasteiger partial charge in [-0.3, -0.25) is 0 Å². The largest absolute Gasteiger partial charge is 2.00 e. The summed E-state index contributed by atoms with van der Waals surface area (Å²) in [4.78, 5) is 10.1. The Hall–Kier alpha value is 0.801. The van der Waals surface area contributed by atoms with E-state index in [0.717, 1.165) is 11.0 Å². The number of hydrogen-bond acceptors (Lipinski definition) is 2. The van der Waals surface area contributed by atoms with Gasteiger partial charge < -0.3 is 15.0 Å². The van der Waals surface area contributed by atoms with E-state index in [1.54, 1.807) is 0 Å². The predicted molar refractivity (Wildman–Crippen MR) is 44.2 cm³/mol. The second kappa shape index (κ2) is 6.33. The van der Waals surface area contributed by atoms with Crippen LogP contribution in [0.4, 0.5) is 4.79 Å². The molecule has 0 rings (SSSR count). The van der Waals surface area contributed by atoms with Gasteiger partial charge in [0.2, 0.25) is 0 Å². The summed E-state index contributed by atoms with van der Waals surface area (Å²) in [5.74, 6) is 0. The van der Waals surface area contributed by atoms with Crippen molar-refractivity contribution in [2.45, 2.75) is 0 Å². The first-order chi connectivity index (χ1) is 4.42. The molecular weight excluding hydrogens is 269 g/mol. The number of nitrogens with zero attached hydrogens (tertiary/aromatic N) is 1. The molecular formula is C6H15BaN2O2+3. The number of ether oxygens (including phenoxy) is 1. The van der Waals surface area contributed by atoms with Crippen molar-refractivity contribution < 1.29 is 14.0 Å². The minimum absolute atomic E-state index is 0. The zero-order valence-corrected chi connectivity index (χ0v) is 11.9. The number of quaternary nitrogens is 1. The SMILES string of the molecule is C[N+](C)(C)CCOC(N)=O.[Ba+2]. The van der Waals surface area contributed by atoms with Gasteiger partial charge in [-0.2, -0.15) is 0 Å². The molecule has 1 amide bonds. The molecule has 2 N–H and O–H groups in total. The third-order valence-electron chi connectivity index (χ3n) is 1.01. The third kappa shape index (κ3) is 13.7. The zero-order valence-electron chi connectivity index (χ0n) is 7.46. The van der Waals surface area contributed by atoms with Gasteiger partial charge in [-0.1, -0.05) is 0 Å². The summed E-state index contributed by atoms with van der Waals surface area (Å²) in [6, 6.07) is 0. The Balaban J connectivity index is 0. The Labute approximate surface area is 108 Å². The van der Waals surface area contributed by atoms with Gasteiger partial charge in [0.25, 0.3) is 0 Å². The topological polar surface area (TPSA) is 52.3 Å². The minimum atomic E-state index is -0.701. The molecule has 0 aromatic carbocycles. The molecule has 0 aliphatic rings. The molecule has 0 radical (unpaired) electrons. The van der Waals surface area contributed by atoms with Gasteiger partial charge >= 0.3 is 55.0 Å². The molecule has 5 heteroatoms. The summed E-state index contributed by atoms with van der Waals surface area (Å²) in [7, 11) is 6.05. The number of primary amides is 1. The van der Waals surface area contributed by atoms with E-state index in [-0.39, 0.29) is 48.9 Å². The molecule has 0 aliphatic carbocycles. The van der Waals surface area contributed by atoms with E-state index in [1.807, 2.05) is 21.1 Å². The Morgan fingerprint density at radius 3 is 2.18 bits per heavy atom. The van der Waals surface area contributed by atoms with E-state index in [0.29, 0.717) is 6.61 Å². The average molecular weight is 285 g/mol. The maximum absolute atomic E-state index is 10.1. The van der Waals surface area contributed by atoms with Crippen LogP contribution in [0.2, 0.25) is 0 Å². The Kier molecular flexibility index (Phi) is 8.25. The van der Waals surface area contributed by atoms with Crippen LogP contribution in [0.25, 0.3) is 0 Å². The Morgan fingerprint density at radius 2 is 1.91 bits per heavy atom. The number of likely N-dealkylation sites (N-methyl/N-ethyl adjacent to an activating group) is 1. The molecule has 0 saturated carbocycles. The molecule has 4 nitrogen and oxygen atoms in total. The van der Waals surface area contributed by atoms with Crippen LogP contribution in [0, 0.1) is 0 Å². The molecule has 0 aliphatic heterocycles. The van der Waals surface area contributed by atoms with Crippen LogP contribution in [0.3, 0.4) is 0 Å². The molecule has 60 valence electrons. The molecule has 0 aromatic rings. The third-order valence-corrected chi connectivity index (χ3v) is 1.01. The fourth-order valence-corrected chi connectivity index (χ4v) is 0.420. The molecule has 11 heavy (non-hydrogen) atoms. The molecule has 0 aromatic heterocycles. The Bertz CT molecular complexity index is 122. The minimum Gasteiger partial charge on any atom is -0.444 e. The van der Waals surface area contributed by atoms with Crippen molar-refractivity contribution >= 4 is 55.0 Å². The number of nitrogens with two attached hydrogens (primary N) is 1. The van der Waals surface area contributed by atoms with E-state index in [4.69, 9.17) is 5.73 Å². The molecule has 0 atom stereocenters. The zero-order chi connectivity index (χ0) is 8.20. The van der Waals surface area contributed by atoms with Crippen LogP contribution in [0.15, 0.2) is 0 Å². The molecule has 0 saturated heterocycles. The first kappa shape index (κ1) is 14.3. The van der Waals surface area contributed by atoms with Crippen LogP contribution in [0.5, 0.6) is 0 Å². The number of rotatable bonds is 3. The van der Waals surface area contributed by atoms with E-state index in [1.165, 1.54) is 0 Å². The van der Waals surface area contributed by atoms with Crippen molar-refractivity contribution in [2.75, 3.05) is 34.3 Å². The molecule has 0 spiro atoms. The van der Waals surface area contributed by atoms with Gasteiger partial charge in [0, 0.05) is 0 Å². The van der Waals surface area contributed by atoms with Gasteiger partial charge in [0.05, 0.1) is 21.1 Å². The standard InChI is InChI=1S/C6H14N2O2.Ba/c1-8(2,3)4-5-10-6(7)9;/h4-5H2,1-3H3,(H-,7,9);/q;+2/p+1. The van der Waals surface area contributed by atoms with Crippen molar-refractivity contribution in [3.8, 4) is 0 Å².